The minimum Gasteiger partial charge on any atom is -0.436 e. The standard InChI is InChI=1S/C23H17N3O4/c1-15-11-12-17(26(28)29)13-20(15)25-22(27)18-9-5-6-10-19(18)23-24-14-21(30-23)16-7-3-2-4-8-16/h2-14H,1H3,(H,25,27). The molecule has 148 valence electrons. The normalized spacial score (nSPS) is 10.6. The number of carbonyl (C=O) groups excluding carboxylic acids is 1. The fourth-order valence-corrected chi connectivity index (χ4v) is 3.05. The number of nitrogens with one attached hydrogen (secondary N) is 1. The molecule has 0 spiro atoms. The van der Waals surface area contributed by atoms with Crippen LogP contribution in [-0.2, 0) is 0 Å². The maximum absolute atomic E-state index is 13.0. The van der Waals surface area contributed by atoms with Gasteiger partial charge in [0, 0.05) is 23.3 Å². The van der Waals surface area contributed by atoms with E-state index in [4.69, 9.17) is 4.42 Å². The number of benzene rings is 3. The van der Waals surface area contributed by atoms with E-state index in [1.54, 1.807) is 43.5 Å². The Morgan fingerprint density at radius 2 is 1.77 bits per heavy atom. The zero-order valence-corrected chi connectivity index (χ0v) is 16.0. The van der Waals surface area contributed by atoms with Gasteiger partial charge in [0.2, 0.25) is 5.89 Å². The average Bonchev–Trinajstić information content (AvgIpc) is 3.26. The molecular weight excluding hydrogens is 382 g/mol. The van der Waals surface area contributed by atoms with Gasteiger partial charge in [0.1, 0.15) is 0 Å². The van der Waals surface area contributed by atoms with Crippen LogP contribution in [0.1, 0.15) is 15.9 Å². The molecule has 4 rings (SSSR count). The van der Waals surface area contributed by atoms with Crippen molar-refractivity contribution in [1.29, 1.82) is 0 Å². The zero-order chi connectivity index (χ0) is 21.1. The van der Waals surface area contributed by atoms with E-state index in [9.17, 15) is 14.9 Å². The van der Waals surface area contributed by atoms with Crippen LogP contribution in [0.2, 0.25) is 0 Å². The predicted octanol–water partition coefficient (Wildman–Crippen LogP) is 5.48. The molecule has 0 bridgehead atoms. The van der Waals surface area contributed by atoms with Crippen LogP contribution in [0.25, 0.3) is 22.8 Å². The summed E-state index contributed by atoms with van der Waals surface area (Å²) in [6, 6.07) is 20.8. The van der Waals surface area contributed by atoms with Gasteiger partial charge in [0.25, 0.3) is 11.6 Å². The summed E-state index contributed by atoms with van der Waals surface area (Å²) < 4.78 is 5.89. The number of anilines is 1. The van der Waals surface area contributed by atoms with Crippen LogP contribution in [0.15, 0.2) is 83.4 Å². The molecule has 0 atom stereocenters. The first-order valence-corrected chi connectivity index (χ1v) is 9.20. The summed E-state index contributed by atoms with van der Waals surface area (Å²) in [7, 11) is 0. The lowest BCUT2D eigenvalue weighted by atomic mass is 10.1. The molecular formula is C23H17N3O4. The van der Waals surface area contributed by atoms with Gasteiger partial charge in [-0.1, -0.05) is 48.5 Å². The molecule has 1 amide bonds. The Kier molecular flexibility index (Phi) is 5.09. The van der Waals surface area contributed by atoms with Crippen molar-refractivity contribution >= 4 is 17.3 Å². The zero-order valence-electron chi connectivity index (χ0n) is 16.0. The topological polar surface area (TPSA) is 98.3 Å². The van der Waals surface area contributed by atoms with E-state index >= 15 is 0 Å². The van der Waals surface area contributed by atoms with E-state index < -0.39 is 10.8 Å². The second-order valence-electron chi connectivity index (χ2n) is 6.65. The van der Waals surface area contributed by atoms with Crippen LogP contribution >= 0.6 is 0 Å². The number of nitro benzene ring substituents is 1. The first kappa shape index (κ1) is 19.1. The van der Waals surface area contributed by atoms with E-state index in [0.717, 1.165) is 5.56 Å². The van der Waals surface area contributed by atoms with E-state index in [1.807, 2.05) is 30.3 Å². The summed E-state index contributed by atoms with van der Waals surface area (Å²) in [5.74, 6) is 0.499. The molecule has 0 radical (unpaired) electrons. The van der Waals surface area contributed by atoms with Crippen LogP contribution in [-0.4, -0.2) is 15.8 Å². The lowest BCUT2D eigenvalue weighted by molar-refractivity contribution is -0.384. The maximum Gasteiger partial charge on any atom is 0.271 e. The van der Waals surface area contributed by atoms with Crippen molar-refractivity contribution in [2.24, 2.45) is 0 Å². The monoisotopic (exact) mass is 399 g/mol. The fourth-order valence-electron chi connectivity index (χ4n) is 3.05. The van der Waals surface area contributed by atoms with Crippen LogP contribution in [0.3, 0.4) is 0 Å². The Balaban J connectivity index is 1.66. The highest BCUT2D eigenvalue weighted by Crippen LogP contribution is 2.29. The summed E-state index contributed by atoms with van der Waals surface area (Å²) in [6.07, 6.45) is 1.62. The largest absolute Gasteiger partial charge is 0.436 e. The Morgan fingerprint density at radius 1 is 1.03 bits per heavy atom. The minimum absolute atomic E-state index is 0.0932. The molecule has 30 heavy (non-hydrogen) atoms. The number of nitrogens with zero attached hydrogens (tertiary/aromatic N) is 2. The van der Waals surface area contributed by atoms with Crippen molar-refractivity contribution in [3.05, 3.63) is 100 Å². The van der Waals surface area contributed by atoms with Crippen molar-refractivity contribution in [2.75, 3.05) is 5.32 Å². The van der Waals surface area contributed by atoms with E-state index in [-0.39, 0.29) is 5.69 Å². The number of hydrogen-bond acceptors (Lipinski definition) is 5. The molecule has 0 saturated heterocycles. The van der Waals surface area contributed by atoms with Crippen molar-refractivity contribution in [1.82, 2.24) is 4.98 Å². The van der Waals surface area contributed by atoms with E-state index in [1.165, 1.54) is 12.1 Å². The fraction of sp³-hybridized carbons (Fsp3) is 0.0435. The Morgan fingerprint density at radius 3 is 2.53 bits per heavy atom. The molecule has 1 heterocycles. The molecule has 0 unspecified atom stereocenters. The van der Waals surface area contributed by atoms with E-state index in [0.29, 0.717) is 34.0 Å². The molecule has 4 aromatic rings. The lowest BCUT2D eigenvalue weighted by Crippen LogP contribution is -2.14. The van der Waals surface area contributed by atoms with Gasteiger partial charge in [-0.25, -0.2) is 4.98 Å². The van der Waals surface area contributed by atoms with Gasteiger partial charge in [0.15, 0.2) is 5.76 Å². The Labute approximate surface area is 172 Å². The highest BCUT2D eigenvalue weighted by Gasteiger charge is 2.18. The lowest BCUT2D eigenvalue weighted by Gasteiger charge is -2.10. The van der Waals surface area contributed by atoms with Crippen LogP contribution in [0, 0.1) is 17.0 Å². The minimum atomic E-state index is -0.499. The molecule has 1 N–H and O–H groups in total. The smallest absolute Gasteiger partial charge is 0.271 e. The molecule has 0 aliphatic carbocycles. The first-order chi connectivity index (χ1) is 14.5. The average molecular weight is 399 g/mol. The van der Waals surface area contributed by atoms with Crippen LogP contribution in [0.5, 0.6) is 0 Å². The summed E-state index contributed by atoms with van der Waals surface area (Å²) >= 11 is 0. The van der Waals surface area contributed by atoms with Gasteiger partial charge in [0.05, 0.1) is 22.4 Å². The Hall–Kier alpha value is -4.26. The van der Waals surface area contributed by atoms with Gasteiger partial charge in [-0.3, -0.25) is 14.9 Å². The summed E-state index contributed by atoms with van der Waals surface area (Å²) in [4.78, 5) is 27.9. The van der Waals surface area contributed by atoms with Gasteiger partial charge in [-0.15, -0.1) is 0 Å². The molecule has 0 fully saturated rings. The summed E-state index contributed by atoms with van der Waals surface area (Å²) in [6.45, 7) is 1.77. The predicted molar refractivity (Wildman–Crippen MR) is 113 cm³/mol. The molecule has 1 aromatic heterocycles. The molecule has 7 nitrogen and oxygen atoms in total. The number of carbonyl (C=O) groups is 1. The van der Waals surface area contributed by atoms with Crippen molar-refractivity contribution in [3.63, 3.8) is 0 Å². The number of oxazole rings is 1. The second-order valence-corrected chi connectivity index (χ2v) is 6.65. The highest BCUT2D eigenvalue weighted by molar-refractivity contribution is 6.08. The van der Waals surface area contributed by atoms with Gasteiger partial charge in [-0.2, -0.15) is 0 Å². The molecule has 0 saturated carbocycles. The number of aryl methyl sites for hydroxylation is 1. The van der Waals surface area contributed by atoms with Crippen LogP contribution < -0.4 is 5.32 Å². The van der Waals surface area contributed by atoms with Crippen molar-refractivity contribution in [2.45, 2.75) is 6.92 Å². The third kappa shape index (κ3) is 3.81. The molecule has 7 heteroatoms. The number of non-ortho nitro benzene ring substituents is 1. The number of nitro groups is 1. The van der Waals surface area contributed by atoms with Crippen molar-refractivity contribution < 1.29 is 14.1 Å². The third-order valence-corrected chi connectivity index (χ3v) is 4.65. The molecule has 0 aliphatic rings. The second kappa shape index (κ2) is 8.00. The van der Waals surface area contributed by atoms with Crippen molar-refractivity contribution in [3.8, 4) is 22.8 Å². The number of amides is 1. The summed E-state index contributed by atoms with van der Waals surface area (Å²) in [5.41, 5.74) is 2.76. The van der Waals surface area contributed by atoms with E-state index in [2.05, 4.69) is 10.3 Å². The van der Waals surface area contributed by atoms with Crippen LogP contribution in [0.4, 0.5) is 11.4 Å². The number of hydrogen-bond donors (Lipinski definition) is 1. The van der Waals surface area contributed by atoms with Gasteiger partial charge < -0.3 is 9.73 Å². The molecule has 3 aromatic carbocycles. The summed E-state index contributed by atoms with van der Waals surface area (Å²) in [5, 5.41) is 13.8. The van der Waals surface area contributed by atoms with Gasteiger partial charge in [-0.05, 0) is 24.6 Å². The first-order valence-electron chi connectivity index (χ1n) is 9.20. The quantitative estimate of drug-likeness (QED) is 0.354. The number of rotatable bonds is 5. The maximum atomic E-state index is 13.0. The number of aromatic nitrogens is 1. The third-order valence-electron chi connectivity index (χ3n) is 4.65. The van der Waals surface area contributed by atoms with Gasteiger partial charge >= 0.3 is 0 Å². The highest BCUT2D eigenvalue weighted by atomic mass is 16.6. The SMILES string of the molecule is Cc1ccc([N+](=O)[O-])cc1NC(=O)c1ccccc1-c1ncc(-c2ccccc2)o1. The molecule has 0 aliphatic heterocycles. The Bertz CT molecular complexity index is 1230.